The van der Waals surface area contributed by atoms with Gasteiger partial charge in [0.2, 0.25) is 0 Å². The summed E-state index contributed by atoms with van der Waals surface area (Å²) in [5.74, 6) is -2.84. The standard InChI is InChI=1S/C9H17NO.C2HF3O2/c1-2-9(11)7-5-3-4-6-8-10;3-2(4,5)1(6)7/h2H,1,3-8,10H2;(H,6,7). The molecule has 0 atom stereocenters. The first-order valence-corrected chi connectivity index (χ1v) is 5.48. The van der Waals surface area contributed by atoms with Crippen LogP contribution in [0.4, 0.5) is 13.2 Å². The maximum absolute atomic E-state index is 10.7. The van der Waals surface area contributed by atoms with Gasteiger partial charge in [0.05, 0.1) is 6.54 Å². The maximum atomic E-state index is 10.7. The van der Waals surface area contributed by atoms with Gasteiger partial charge < -0.3 is 15.6 Å². The molecule has 0 aliphatic carbocycles. The van der Waals surface area contributed by atoms with Gasteiger partial charge in [-0.15, -0.1) is 0 Å². The Hall–Kier alpha value is -1.37. The molecule has 0 aromatic carbocycles. The minimum atomic E-state index is -5.19. The van der Waals surface area contributed by atoms with Crippen LogP contribution >= 0.6 is 0 Å². The zero-order valence-corrected chi connectivity index (χ0v) is 10.1. The second kappa shape index (κ2) is 10.8. The zero-order chi connectivity index (χ0) is 14.6. The van der Waals surface area contributed by atoms with Crippen molar-refractivity contribution >= 4 is 11.8 Å². The quantitative estimate of drug-likeness (QED) is 0.530. The molecular weight excluding hydrogens is 251 g/mol. The van der Waals surface area contributed by atoms with E-state index in [1.165, 1.54) is 18.9 Å². The van der Waals surface area contributed by atoms with Gasteiger partial charge in [-0.3, -0.25) is 4.79 Å². The van der Waals surface area contributed by atoms with Crippen molar-refractivity contribution in [2.75, 3.05) is 6.54 Å². The molecule has 0 fully saturated rings. The second-order valence-electron chi connectivity index (χ2n) is 3.47. The number of carboxylic acid groups (broad SMARTS) is 1. The van der Waals surface area contributed by atoms with E-state index in [0.29, 0.717) is 6.42 Å². The molecule has 0 aromatic heterocycles. The molecule has 3 N–H and O–H groups in total. The summed E-state index contributed by atoms with van der Waals surface area (Å²) >= 11 is 0. The van der Waals surface area contributed by atoms with Crippen LogP contribution in [0.2, 0.25) is 0 Å². The molecule has 0 aliphatic heterocycles. The predicted octanol–water partition coefficient (Wildman–Crippen LogP) is 0.232. The molecule has 0 unspecified atom stereocenters. The number of carboxylic acids is 1. The van der Waals surface area contributed by atoms with Crippen LogP contribution in [0.5, 0.6) is 0 Å². The van der Waals surface area contributed by atoms with Crippen LogP contribution in [0, 0.1) is 0 Å². The molecular formula is C11H18F3NO3. The lowest BCUT2D eigenvalue weighted by molar-refractivity contribution is -0.368. The van der Waals surface area contributed by atoms with Gasteiger partial charge >= 0.3 is 6.18 Å². The molecule has 0 aromatic rings. The Balaban J connectivity index is 0. The Morgan fingerprint density at radius 3 is 1.94 bits per heavy atom. The molecule has 0 amide bonds. The highest BCUT2D eigenvalue weighted by atomic mass is 19.4. The van der Waals surface area contributed by atoms with Crippen molar-refractivity contribution in [3.05, 3.63) is 12.7 Å². The first-order valence-electron chi connectivity index (χ1n) is 5.48. The first-order chi connectivity index (χ1) is 8.25. The van der Waals surface area contributed by atoms with E-state index in [2.05, 4.69) is 12.3 Å². The van der Waals surface area contributed by atoms with E-state index in [9.17, 15) is 18.0 Å². The third kappa shape index (κ3) is 14.6. The number of hydrogen-bond acceptors (Lipinski definition) is 3. The van der Waals surface area contributed by atoms with Crippen molar-refractivity contribution in [3.8, 4) is 0 Å². The molecule has 18 heavy (non-hydrogen) atoms. The van der Waals surface area contributed by atoms with Crippen molar-refractivity contribution in [1.29, 1.82) is 0 Å². The van der Waals surface area contributed by atoms with E-state index in [4.69, 9.17) is 9.90 Å². The van der Waals surface area contributed by atoms with Gasteiger partial charge in [-0.2, -0.15) is 13.2 Å². The predicted molar refractivity (Wildman–Crippen MR) is 57.1 cm³/mol. The van der Waals surface area contributed by atoms with E-state index >= 15 is 0 Å². The number of alkyl halides is 3. The lowest BCUT2D eigenvalue weighted by atomic mass is 10.1. The molecule has 0 bridgehead atoms. The van der Waals surface area contributed by atoms with Crippen molar-refractivity contribution in [2.45, 2.75) is 38.3 Å². The summed E-state index contributed by atoms with van der Waals surface area (Å²) in [6.07, 6.45) is 1.41. The Kier molecular flexibility index (Phi) is 11.3. The van der Waals surface area contributed by atoms with Crippen LogP contribution in [0.15, 0.2) is 12.7 Å². The lowest BCUT2D eigenvalue weighted by Crippen LogP contribution is -2.50. The zero-order valence-electron chi connectivity index (χ0n) is 10.1. The Morgan fingerprint density at radius 2 is 1.61 bits per heavy atom. The van der Waals surface area contributed by atoms with Gasteiger partial charge in [0.1, 0.15) is 5.97 Å². The van der Waals surface area contributed by atoms with Crippen molar-refractivity contribution in [2.24, 2.45) is 0 Å². The molecule has 0 aliphatic rings. The van der Waals surface area contributed by atoms with Gasteiger partial charge in [0.25, 0.3) is 0 Å². The van der Waals surface area contributed by atoms with Gasteiger partial charge in [-0.1, -0.05) is 13.0 Å². The average Bonchev–Trinajstić information content (AvgIpc) is 2.28. The first kappa shape index (κ1) is 19.0. The lowest BCUT2D eigenvalue weighted by Gasteiger charge is -2.03. The second-order valence-corrected chi connectivity index (χ2v) is 3.47. The van der Waals surface area contributed by atoms with Crippen molar-refractivity contribution in [1.82, 2.24) is 0 Å². The van der Waals surface area contributed by atoms with Gasteiger partial charge in [-0.05, 0) is 25.3 Å². The van der Waals surface area contributed by atoms with Crippen molar-refractivity contribution in [3.63, 3.8) is 0 Å². The highest BCUT2D eigenvalue weighted by molar-refractivity contribution is 5.88. The summed E-state index contributed by atoms with van der Waals surface area (Å²) in [5.41, 5.74) is 3.75. The molecule has 0 saturated heterocycles. The number of allylic oxidation sites excluding steroid dienone is 1. The average molecular weight is 269 g/mol. The summed E-state index contributed by atoms with van der Waals surface area (Å²) in [5, 5.41) is 8.78. The Morgan fingerprint density at radius 1 is 1.17 bits per heavy atom. The number of quaternary nitrogens is 1. The Labute approximate surface area is 104 Å². The molecule has 0 rings (SSSR count). The molecule has 106 valence electrons. The van der Waals surface area contributed by atoms with Crippen LogP contribution in [0.1, 0.15) is 32.1 Å². The minimum Gasteiger partial charge on any atom is -0.542 e. The number of ketones is 1. The maximum Gasteiger partial charge on any atom is 0.430 e. The summed E-state index contributed by atoms with van der Waals surface area (Å²) in [4.78, 5) is 19.5. The molecule has 0 saturated carbocycles. The van der Waals surface area contributed by atoms with Crippen LogP contribution in [0.3, 0.4) is 0 Å². The van der Waals surface area contributed by atoms with Crippen LogP contribution < -0.4 is 10.8 Å². The summed E-state index contributed by atoms with van der Waals surface area (Å²) in [7, 11) is 0. The van der Waals surface area contributed by atoms with E-state index in [-0.39, 0.29) is 5.78 Å². The number of carbonyl (C=O) groups is 2. The summed E-state index contributed by atoms with van der Waals surface area (Å²) < 4.78 is 31.5. The number of carbonyl (C=O) groups excluding carboxylic acids is 2. The molecule has 4 nitrogen and oxygen atoms in total. The third-order valence-electron chi connectivity index (χ3n) is 1.88. The van der Waals surface area contributed by atoms with Gasteiger partial charge in [0.15, 0.2) is 5.78 Å². The number of hydrogen-bond donors (Lipinski definition) is 1. The SMILES string of the molecule is C=CC(=O)CCCCCC[NH3+].O=C([O-])C(F)(F)F. The number of aliphatic carboxylic acids is 1. The topological polar surface area (TPSA) is 84.8 Å². The van der Waals surface area contributed by atoms with E-state index in [1.807, 2.05) is 0 Å². The minimum absolute atomic E-state index is 0.166. The highest BCUT2D eigenvalue weighted by Crippen LogP contribution is 2.11. The normalized spacial score (nSPS) is 10.2. The largest absolute Gasteiger partial charge is 0.542 e. The number of unbranched alkanes of at least 4 members (excludes halogenated alkanes) is 3. The molecule has 0 radical (unpaired) electrons. The van der Waals surface area contributed by atoms with Crippen LogP contribution in [-0.2, 0) is 9.59 Å². The van der Waals surface area contributed by atoms with Crippen molar-refractivity contribution < 1.29 is 33.6 Å². The molecule has 0 spiro atoms. The van der Waals surface area contributed by atoms with E-state index in [0.717, 1.165) is 19.4 Å². The van der Waals surface area contributed by atoms with Crippen LogP contribution in [-0.4, -0.2) is 24.5 Å². The monoisotopic (exact) mass is 269 g/mol. The fourth-order valence-corrected chi connectivity index (χ4v) is 0.932. The Bertz CT molecular complexity index is 265. The third-order valence-corrected chi connectivity index (χ3v) is 1.88. The van der Waals surface area contributed by atoms with E-state index in [1.54, 1.807) is 0 Å². The highest BCUT2D eigenvalue weighted by Gasteiger charge is 2.28. The summed E-state index contributed by atoms with van der Waals surface area (Å²) in [6.45, 7) is 4.43. The number of rotatable bonds is 7. The van der Waals surface area contributed by atoms with Crippen LogP contribution in [0.25, 0.3) is 0 Å². The van der Waals surface area contributed by atoms with E-state index < -0.39 is 12.1 Å². The van der Waals surface area contributed by atoms with Gasteiger partial charge in [0, 0.05) is 6.42 Å². The summed E-state index contributed by atoms with van der Waals surface area (Å²) in [6, 6.07) is 0. The smallest absolute Gasteiger partial charge is 0.430 e. The fourth-order valence-electron chi connectivity index (χ4n) is 0.932. The molecule has 0 heterocycles. The number of halogens is 3. The van der Waals surface area contributed by atoms with Gasteiger partial charge in [-0.25, -0.2) is 0 Å². The molecule has 7 heteroatoms. The fraction of sp³-hybridized carbons (Fsp3) is 0.636.